The van der Waals surface area contributed by atoms with E-state index < -0.39 is 0 Å². The largest absolute Gasteiger partial charge is 0.490 e. The van der Waals surface area contributed by atoms with E-state index in [0.29, 0.717) is 44.9 Å². The summed E-state index contributed by atoms with van der Waals surface area (Å²) >= 11 is 0. The molecule has 1 atom stereocenters. The Morgan fingerprint density at radius 3 is 2.61 bits per heavy atom. The number of likely N-dealkylation sites (tertiary alicyclic amines) is 1. The summed E-state index contributed by atoms with van der Waals surface area (Å²) in [7, 11) is 1.69. The quantitative estimate of drug-likeness (QED) is 0.406. The van der Waals surface area contributed by atoms with Crippen LogP contribution in [0.1, 0.15) is 50.7 Å². The minimum atomic E-state index is -0.0903. The van der Waals surface area contributed by atoms with Gasteiger partial charge in [0.25, 0.3) is 0 Å². The number of ether oxygens (including phenoxy) is 1. The summed E-state index contributed by atoms with van der Waals surface area (Å²) in [6.07, 6.45) is 2.65. The highest BCUT2D eigenvalue weighted by molar-refractivity contribution is 5.97. The highest BCUT2D eigenvalue weighted by Gasteiger charge is 2.25. The van der Waals surface area contributed by atoms with Crippen LogP contribution in [0, 0.1) is 6.92 Å². The van der Waals surface area contributed by atoms with Gasteiger partial charge in [0, 0.05) is 45.1 Å². The minimum absolute atomic E-state index is 0.0903. The van der Waals surface area contributed by atoms with E-state index in [0.717, 1.165) is 23.3 Å². The number of imide groups is 1. The van der Waals surface area contributed by atoms with Crippen molar-refractivity contribution in [3.05, 3.63) is 29.3 Å². The molecule has 28 heavy (non-hydrogen) atoms. The lowest BCUT2D eigenvalue weighted by Gasteiger charge is -2.25. The van der Waals surface area contributed by atoms with E-state index in [-0.39, 0.29) is 17.9 Å². The van der Waals surface area contributed by atoms with E-state index in [4.69, 9.17) is 4.74 Å². The van der Waals surface area contributed by atoms with Gasteiger partial charge < -0.3 is 15.4 Å². The molecule has 1 saturated heterocycles. The van der Waals surface area contributed by atoms with E-state index in [1.807, 2.05) is 13.0 Å². The predicted molar refractivity (Wildman–Crippen MR) is 110 cm³/mol. The fourth-order valence-corrected chi connectivity index (χ4v) is 2.95. The summed E-state index contributed by atoms with van der Waals surface area (Å²) in [6, 6.07) is 6.16. The Kier molecular flexibility index (Phi) is 8.29. The van der Waals surface area contributed by atoms with Crippen molar-refractivity contribution in [2.24, 2.45) is 4.99 Å². The number of piperidine rings is 1. The standard InChI is InChI=1S/C21H32N4O3/c1-5-16(3)28-18-13-15(2)9-10-17(18)14-24-21(22-4)23-11-12-25-19(26)7-6-8-20(25)27/h9-10,13,16H,5-8,11-12,14H2,1-4H3,(H2,22,23,24). The molecule has 1 unspecified atom stereocenters. The Bertz CT molecular complexity index is 702. The van der Waals surface area contributed by atoms with Crippen molar-refractivity contribution >= 4 is 17.8 Å². The molecule has 7 heteroatoms. The average molecular weight is 389 g/mol. The van der Waals surface area contributed by atoms with E-state index >= 15 is 0 Å². The number of aryl methyl sites for hydroxylation is 1. The molecular formula is C21H32N4O3. The Balaban J connectivity index is 1.88. The normalized spacial score (nSPS) is 16.1. The molecule has 1 fully saturated rings. The van der Waals surface area contributed by atoms with Crippen LogP contribution >= 0.6 is 0 Å². The van der Waals surface area contributed by atoms with Gasteiger partial charge in [-0.25, -0.2) is 0 Å². The molecule has 1 aliphatic rings. The SMILES string of the molecule is CCC(C)Oc1cc(C)ccc1CNC(=NC)NCCN1C(=O)CCCC1=O. The number of hydrogen-bond acceptors (Lipinski definition) is 4. The Morgan fingerprint density at radius 2 is 1.96 bits per heavy atom. The summed E-state index contributed by atoms with van der Waals surface area (Å²) in [5.41, 5.74) is 2.20. The number of carbonyl (C=O) groups is 2. The summed E-state index contributed by atoms with van der Waals surface area (Å²) in [4.78, 5) is 29.3. The second kappa shape index (κ2) is 10.7. The first-order chi connectivity index (χ1) is 13.4. The lowest BCUT2D eigenvalue weighted by Crippen LogP contribution is -2.46. The molecule has 0 saturated carbocycles. The van der Waals surface area contributed by atoms with Crippen molar-refractivity contribution in [1.29, 1.82) is 0 Å². The van der Waals surface area contributed by atoms with Crippen LogP contribution < -0.4 is 15.4 Å². The van der Waals surface area contributed by atoms with E-state index in [9.17, 15) is 9.59 Å². The number of guanidine groups is 1. The lowest BCUT2D eigenvalue weighted by atomic mass is 10.1. The zero-order chi connectivity index (χ0) is 20.5. The van der Waals surface area contributed by atoms with Crippen molar-refractivity contribution in [3.8, 4) is 5.75 Å². The fraction of sp³-hybridized carbons (Fsp3) is 0.571. The van der Waals surface area contributed by atoms with Gasteiger partial charge in [-0.15, -0.1) is 0 Å². The molecule has 1 aliphatic heterocycles. The summed E-state index contributed by atoms with van der Waals surface area (Å²) in [5, 5.41) is 6.43. The molecule has 1 aromatic carbocycles. The van der Waals surface area contributed by atoms with Crippen molar-refractivity contribution in [3.63, 3.8) is 0 Å². The molecule has 0 aliphatic carbocycles. The van der Waals surface area contributed by atoms with Crippen LogP contribution in [0.4, 0.5) is 0 Å². The van der Waals surface area contributed by atoms with Gasteiger partial charge in [-0.2, -0.15) is 0 Å². The van der Waals surface area contributed by atoms with Crippen molar-refractivity contribution in [2.45, 2.75) is 59.1 Å². The molecule has 1 heterocycles. The average Bonchev–Trinajstić information content (AvgIpc) is 2.67. The first kappa shape index (κ1) is 21.7. The van der Waals surface area contributed by atoms with Crippen molar-refractivity contribution < 1.29 is 14.3 Å². The smallest absolute Gasteiger partial charge is 0.229 e. The zero-order valence-corrected chi connectivity index (χ0v) is 17.4. The maximum atomic E-state index is 11.9. The van der Waals surface area contributed by atoms with Crippen LogP contribution in [0.2, 0.25) is 0 Å². The van der Waals surface area contributed by atoms with Gasteiger partial charge in [0.05, 0.1) is 6.10 Å². The molecule has 0 spiro atoms. The maximum Gasteiger partial charge on any atom is 0.229 e. The van der Waals surface area contributed by atoms with Crippen LogP contribution in [0.25, 0.3) is 0 Å². The van der Waals surface area contributed by atoms with Gasteiger partial charge in [0.15, 0.2) is 5.96 Å². The number of nitrogens with zero attached hydrogens (tertiary/aromatic N) is 2. The third kappa shape index (κ3) is 6.25. The van der Waals surface area contributed by atoms with E-state index in [1.165, 1.54) is 4.90 Å². The fourth-order valence-electron chi connectivity index (χ4n) is 2.95. The molecular weight excluding hydrogens is 356 g/mol. The van der Waals surface area contributed by atoms with Crippen LogP contribution in [0.15, 0.2) is 23.2 Å². The Hall–Kier alpha value is -2.57. The van der Waals surface area contributed by atoms with Gasteiger partial charge in [-0.1, -0.05) is 19.1 Å². The van der Waals surface area contributed by atoms with Crippen LogP contribution in [0.3, 0.4) is 0 Å². The van der Waals surface area contributed by atoms with Gasteiger partial charge >= 0.3 is 0 Å². The Morgan fingerprint density at radius 1 is 1.25 bits per heavy atom. The van der Waals surface area contributed by atoms with Crippen molar-refractivity contribution in [1.82, 2.24) is 15.5 Å². The molecule has 7 nitrogen and oxygen atoms in total. The van der Waals surface area contributed by atoms with Crippen molar-refractivity contribution in [2.75, 3.05) is 20.1 Å². The number of rotatable bonds is 8. The van der Waals surface area contributed by atoms with Crippen LogP contribution in [-0.2, 0) is 16.1 Å². The minimum Gasteiger partial charge on any atom is -0.490 e. The molecule has 2 amide bonds. The number of hydrogen-bond donors (Lipinski definition) is 2. The zero-order valence-electron chi connectivity index (χ0n) is 17.4. The number of benzene rings is 1. The summed E-state index contributed by atoms with van der Waals surface area (Å²) < 4.78 is 6.04. The Labute approximate surface area is 167 Å². The molecule has 0 aromatic heterocycles. The lowest BCUT2D eigenvalue weighted by molar-refractivity contribution is -0.147. The molecule has 1 aromatic rings. The highest BCUT2D eigenvalue weighted by atomic mass is 16.5. The topological polar surface area (TPSA) is 83.0 Å². The molecule has 2 rings (SSSR count). The number of nitrogens with one attached hydrogen (secondary N) is 2. The van der Waals surface area contributed by atoms with Gasteiger partial charge in [-0.3, -0.25) is 19.5 Å². The van der Waals surface area contributed by atoms with Gasteiger partial charge in [0.1, 0.15) is 5.75 Å². The third-order valence-electron chi connectivity index (χ3n) is 4.81. The number of carbonyl (C=O) groups excluding carboxylic acids is 2. The third-order valence-corrected chi connectivity index (χ3v) is 4.81. The number of aliphatic imine (C=N–C) groups is 1. The molecule has 0 radical (unpaired) electrons. The number of amides is 2. The first-order valence-electron chi connectivity index (χ1n) is 9.98. The molecule has 154 valence electrons. The molecule has 2 N–H and O–H groups in total. The van der Waals surface area contributed by atoms with E-state index in [2.05, 4.69) is 41.6 Å². The predicted octanol–water partition coefficient (Wildman–Crippen LogP) is 2.38. The molecule has 0 bridgehead atoms. The monoisotopic (exact) mass is 388 g/mol. The second-order valence-corrected chi connectivity index (χ2v) is 7.09. The van der Waals surface area contributed by atoms with Crippen LogP contribution in [-0.4, -0.2) is 48.9 Å². The summed E-state index contributed by atoms with van der Waals surface area (Å²) in [6.45, 7) is 7.58. The summed E-state index contributed by atoms with van der Waals surface area (Å²) in [5.74, 6) is 1.31. The van der Waals surface area contributed by atoms with Gasteiger partial charge in [-0.05, 0) is 38.3 Å². The van der Waals surface area contributed by atoms with E-state index in [1.54, 1.807) is 7.05 Å². The highest BCUT2D eigenvalue weighted by Crippen LogP contribution is 2.22. The van der Waals surface area contributed by atoms with Crippen LogP contribution in [0.5, 0.6) is 5.75 Å². The first-order valence-corrected chi connectivity index (χ1v) is 9.98. The second-order valence-electron chi connectivity index (χ2n) is 7.09. The maximum absolute atomic E-state index is 11.9. The van der Waals surface area contributed by atoms with Gasteiger partial charge in [0.2, 0.25) is 11.8 Å².